The Kier molecular flexibility index (Phi) is 6.04. The number of fused-ring (bicyclic) bond motifs is 2. The number of aromatic nitrogens is 4. The number of aryl methyl sites for hydroxylation is 3. The first-order valence-corrected chi connectivity index (χ1v) is 13.3. The molecule has 0 unspecified atom stereocenters. The number of hydrogen-bond acceptors (Lipinski definition) is 4. The molecule has 1 amide bonds. The van der Waals surface area contributed by atoms with Crippen LogP contribution in [0.15, 0.2) is 48.5 Å². The summed E-state index contributed by atoms with van der Waals surface area (Å²) in [6, 6.07) is 16.4. The maximum atomic E-state index is 14.1. The summed E-state index contributed by atoms with van der Waals surface area (Å²) >= 11 is 0. The smallest absolute Gasteiger partial charge is 0.254 e. The van der Waals surface area contributed by atoms with E-state index in [0.29, 0.717) is 6.54 Å². The molecule has 4 aromatic rings. The summed E-state index contributed by atoms with van der Waals surface area (Å²) < 4.78 is 2.34. The minimum Gasteiger partial charge on any atom is -0.338 e. The fourth-order valence-electron chi connectivity index (χ4n) is 5.94. The Morgan fingerprint density at radius 1 is 0.944 bits per heavy atom. The molecule has 0 N–H and O–H groups in total. The van der Waals surface area contributed by atoms with Gasteiger partial charge in [0.1, 0.15) is 11.6 Å². The minimum absolute atomic E-state index is 0.0833. The van der Waals surface area contributed by atoms with Gasteiger partial charge in [0.05, 0.1) is 16.8 Å². The van der Waals surface area contributed by atoms with Gasteiger partial charge in [-0.3, -0.25) is 4.79 Å². The van der Waals surface area contributed by atoms with Gasteiger partial charge in [-0.15, -0.1) is 10.2 Å². The molecule has 2 aliphatic rings. The number of carbonyl (C=O) groups is 1. The van der Waals surface area contributed by atoms with Crippen molar-refractivity contribution in [1.82, 2.24) is 24.6 Å². The summed E-state index contributed by atoms with van der Waals surface area (Å²) in [7, 11) is 0. The third kappa shape index (κ3) is 4.19. The third-order valence-corrected chi connectivity index (χ3v) is 7.82. The van der Waals surface area contributed by atoms with E-state index < -0.39 is 0 Å². The van der Waals surface area contributed by atoms with E-state index in [0.717, 1.165) is 71.7 Å². The first kappa shape index (κ1) is 22.9. The average molecular weight is 480 g/mol. The predicted octanol–water partition coefficient (Wildman–Crippen LogP) is 5.86. The molecule has 0 saturated carbocycles. The molecule has 2 aromatic heterocycles. The van der Waals surface area contributed by atoms with Crippen LogP contribution in [0, 0.1) is 13.8 Å². The first-order chi connectivity index (χ1) is 17.6. The second kappa shape index (κ2) is 9.49. The van der Waals surface area contributed by atoms with Crippen molar-refractivity contribution in [2.75, 3.05) is 13.1 Å². The van der Waals surface area contributed by atoms with Gasteiger partial charge in [-0.1, -0.05) is 48.4 Å². The van der Waals surface area contributed by atoms with Gasteiger partial charge in [-0.2, -0.15) is 0 Å². The Bertz CT molecular complexity index is 1440. The SMILES string of the molecule is Cc1ccc(-c2cc(C(=O)N3CCC[C@@H](c4nnc5n4CCCCC5)C3)c3ccccc3n2)c(C)c1. The molecule has 6 nitrogen and oxygen atoms in total. The van der Waals surface area contributed by atoms with Crippen LogP contribution in [0.5, 0.6) is 0 Å². The van der Waals surface area contributed by atoms with Gasteiger partial charge < -0.3 is 9.47 Å². The van der Waals surface area contributed by atoms with Crippen LogP contribution in [0.25, 0.3) is 22.2 Å². The zero-order valence-corrected chi connectivity index (χ0v) is 21.2. The number of pyridine rings is 1. The van der Waals surface area contributed by atoms with Crippen LogP contribution in [0.1, 0.15) is 71.2 Å². The molecule has 4 heterocycles. The molecule has 2 aromatic carbocycles. The van der Waals surface area contributed by atoms with Crippen LogP contribution in [0.3, 0.4) is 0 Å². The number of rotatable bonds is 3. The molecule has 0 aliphatic carbocycles. The standard InChI is InChI=1S/C30H33N5O/c1-20-13-14-23(21(2)17-20)27-18-25(24-10-5-6-11-26(24)31-27)30(36)34-15-8-9-22(19-34)29-33-32-28-12-4-3-7-16-35(28)29/h5-6,10-11,13-14,17-18,22H,3-4,7-9,12,15-16,19H2,1-2H3/t22-/m1/s1. The maximum absolute atomic E-state index is 14.1. The summed E-state index contributed by atoms with van der Waals surface area (Å²) in [4.78, 5) is 21.0. The quantitative estimate of drug-likeness (QED) is 0.369. The van der Waals surface area contributed by atoms with E-state index in [1.54, 1.807) is 0 Å². The predicted molar refractivity (Wildman–Crippen MR) is 142 cm³/mol. The number of piperidine rings is 1. The monoisotopic (exact) mass is 479 g/mol. The molecule has 6 rings (SSSR count). The topological polar surface area (TPSA) is 63.9 Å². The Balaban J connectivity index is 1.35. The molecular formula is C30H33N5O. The third-order valence-electron chi connectivity index (χ3n) is 7.82. The normalized spacial score (nSPS) is 18.2. The van der Waals surface area contributed by atoms with Crippen molar-refractivity contribution in [3.8, 4) is 11.3 Å². The van der Waals surface area contributed by atoms with E-state index in [9.17, 15) is 4.79 Å². The van der Waals surface area contributed by atoms with E-state index in [1.807, 2.05) is 35.2 Å². The van der Waals surface area contributed by atoms with E-state index in [2.05, 4.69) is 46.8 Å². The second-order valence-corrected chi connectivity index (χ2v) is 10.4. The minimum atomic E-state index is 0.0833. The van der Waals surface area contributed by atoms with E-state index in [1.165, 1.54) is 30.4 Å². The van der Waals surface area contributed by atoms with Crippen molar-refractivity contribution >= 4 is 16.8 Å². The van der Waals surface area contributed by atoms with Gasteiger partial charge in [0.15, 0.2) is 0 Å². The number of benzene rings is 2. The van der Waals surface area contributed by atoms with Gasteiger partial charge >= 0.3 is 0 Å². The van der Waals surface area contributed by atoms with Crippen LogP contribution < -0.4 is 0 Å². The fourth-order valence-corrected chi connectivity index (χ4v) is 5.94. The zero-order chi connectivity index (χ0) is 24.6. The molecule has 0 bridgehead atoms. The largest absolute Gasteiger partial charge is 0.338 e. The number of hydrogen-bond donors (Lipinski definition) is 0. The van der Waals surface area contributed by atoms with Crippen LogP contribution >= 0.6 is 0 Å². The Hall–Kier alpha value is -3.54. The highest BCUT2D eigenvalue weighted by Crippen LogP contribution is 2.32. The molecule has 0 radical (unpaired) electrons. The molecule has 0 spiro atoms. The lowest BCUT2D eigenvalue weighted by Crippen LogP contribution is -2.40. The molecule has 2 aliphatic heterocycles. The van der Waals surface area contributed by atoms with Gasteiger partial charge in [-0.05, 0) is 57.2 Å². The van der Waals surface area contributed by atoms with Crippen LogP contribution in [0.4, 0.5) is 0 Å². The molecule has 1 atom stereocenters. The lowest BCUT2D eigenvalue weighted by molar-refractivity contribution is 0.0705. The number of nitrogens with zero attached hydrogens (tertiary/aromatic N) is 5. The van der Waals surface area contributed by atoms with E-state index in [-0.39, 0.29) is 11.8 Å². The number of para-hydroxylation sites is 1. The maximum Gasteiger partial charge on any atom is 0.254 e. The van der Waals surface area contributed by atoms with Crippen molar-refractivity contribution in [3.05, 3.63) is 76.9 Å². The summed E-state index contributed by atoms with van der Waals surface area (Å²) in [5, 5.41) is 10.0. The number of likely N-dealkylation sites (tertiary alicyclic amines) is 1. The Morgan fingerprint density at radius 2 is 1.83 bits per heavy atom. The van der Waals surface area contributed by atoms with Gasteiger partial charge in [0, 0.05) is 42.9 Å². The molecule has 1 saturated heterocycles. The second-order valence-electron chi connectivity index (χ2n) is 10.4. The van der Waals surface area contributed by atoms with Gasteiger partial charge in [-0.25, -0.2) is 4.98 Å². The highest BCUT2D eigenvalue weighted by molar-refractivity contribution is 6.07. The summed E-state index contributed by atoms with van der Waals surface area (Å²) in [6.07, 6.45) is 6.64. The van der Waals surface area contributed by atoms with Crippen molar-refractivity contribution in [3.63, 3.8) is 0 Å². The van der Waals surface area contributed by atoms with E-state index in [4.69, 9.17) is 4.98 Å². The molecule has 36 heavy (non-hydrogen) atoms. The van der Waals surface area contributed by atoms with Crippen molar-refractivity contribution in [2.45, 2.75) is 64.8 Å². The average Bonchev–Trinajstić information content (AvgIpc) is 3.15. The summed E-state index contributed by atoms with van der Waals surface area (Å²) in [5.74, 6) is 2.50. The van der Waals surface area contributed by atoms with Crippen LogP contribution in [0.2, 0.25) is 0 Å². The highest BCUT2D eigenvalue weighted by Gasteiger charge is 2.31. The van der Waals surface area contributed by atoms with E-state index >= 15 is 0 Å². The highest BCUT2D eigenvalue weighted by atomic mass is 16.2. The summed E-state index contributed by atoms with van der Waals surface area (Å²) in [6.45, 7) is 6.66. The zero-order valence-electron chi connectivity index (χ0n) is 21.2. The first-order valence-electron chi connectivity index (χ1n) is 13.3. The van der Waals surface area contributed by atoms with Crippen LogP contribution in [-0.2, 0) is 13.0 Å². The lowest BCUT2D eigenvalue weighted by Gasteiger charge is -2.33. The molecule has 1 fully saturated rings. The molecule has 184 valence electrons. The summed E-state index contributed by atoms with van der Waals surface area (Å²) in [5.41, 5.74) is 5.90. The molecular weight excluding hydrogens is 446 g/mol. The van der Waals surface area contributed by atoms with Crippen molar-refractivity contribution in [2.24, 2.45) is 0 Å². The number of carbonyl (C=O) groups excluding carboxylic acids is 1. The molecule has 6 heteroatoms. The number of amides is 1. The lowest BCUT2D eigenvalue weighted by atomic mass is 9.95. The van der Waals surface area contributed by atoms with Crippen LogP contribution in [-0.4, -0.2) is 43.6 Å². The van der Waals surface area contributed by atoms with Gasteiger partial charge in [0.25, 0.3) is 5.91 Å². The van der Waals surface area contributed by atoms with Crippen molar-refractivity contribution in [1.29, 1.82) is 0 Å². The Labute approximate surface area is 212 Å². The van der Waals surface area contributed by atoms with Gasteiger partial charge in [0.2, 0.25) is 0 Å². The fraction of sp³-hybridized carbons (Fsp3) is 0.400. The Morgan fingerprint density at radius 3 is 2.72 bits per heavy atom. The van der Waals surface area contributed by atoms with Crippen molar-refractivity contribution < 1.29 is 4.79 Å².